The van der Waals surface area contributed by atoms with Crippen molar-refractivity contribution < 1.29 is 59.4 Å². The Hall–Kier alpha value is -4.75. The van der Waals surface area contributed by atoms with Gasteiger partial charge in [0.05, 0.1) is 29.4 Å². The molecule has 4 aliphatic carbocycles. The first-order valence-corrected chi connectivity index (χ1v) is 24.1. The third-order valence-electron chi connectivity index (χ3n) is 14.3. The highest BCUT2D eigenvalue weighted by Crippen LogP contribution is 2.50. The molecule has 8 rings (SSSR count). The summed E-state index contributed by atoms with van der Waals surface area (Å²) in [6.45, 7) is 6.35. The number of aromatic nitrogens is 2. The second-order valence-corrected chi connectivity index (χ2v) is 22.3. The van der Waals surface area contributed by atoms with Crippen molar-refractivity contribution in [2.75, 3.05) is 13.7 Å². The fraction of sp³-hybridized carbons (Fsp3) is 0.689. The van der Waals surface area contributed by atoms with Crippen molar-refractivity contribution in [3.05, 3.63) is 36.0 Å². The Morgan fingerprint density at radius 3 is 2.42 bits per heavy atom. The lowest BCUT2D eigenvalue weighted by molar-refractivity contribution is -0.142. The molecule has 1 unspecified atom stereocenters. The van der Waals surface area contributed by atoms with Crippen LogP contribution in [0.15, 0.2) is 30.4 Å². The van der Waals surface area contributed by atoms with Gasteiger partial charge in [-0.15, -0.1) is 0 Å². The maximum Gasteiger partial charge on any atom is 0.408 e. The number of methoxy groups -OCH3 is 1. The zero-order chi connectivity index (χ0) is 46.8. The van der Waals surface area contributed by atoms with Gasteiger partial charge in [-0.05, 0) is 87.2 Å². The number of rotatable bonds is 10. The van der Waals surface area contributed by atoms with Gasteiger partial charge in [-0.25, -0.2) is 32.0 Å². The van der Waals surface area contributed by atoms with Crippen molar-refractivity contribution in [1.29, 1.82) is 0 Å². The van der Waals surface area contributed by atoms with E-state index in [-0.39, 0.29) is 61.0 Å². The molecule has 4 fully saturated rings. The highest BCUT2D eigenvalue weighted by molar-refractivity contribution is 7.91. The first kappa shape index (κ1) is 46.8. The van der Waals surface area contributed by atoms with E-state index in [1.54, 1.807) is 26.8 Å². The monoisotopic (exact) mass is 934 g/mol. The van der Waals surface area contributed by atoms with E-state index in [2.05, 4.69) is 25.3 Å². The maximum atomic E-state index is 16.5. The average molecular weight is 935 g/mol. The van der Waals surface area contributed by atoms with Crippen LogP contribution in [0.4, 0.5) is 22.4 Å². The van der Waals surface area contributed by atoms with Crippen molar-refractivity contribution in [1.82, 2.24) is 30.2 Å². The van der Waals surface area contributed by atoms with E-state index in [0.29, 0.717) is 37.9 Å². The number of fused-ring (bicyclic) bond motifs is 7. The molecule has 2 aliphatic heterocycles. The van der Waals surface area contributed by atoms with Gasteiger partial charge in [-0.2, -0.15) is 8.78 Å². The fourth-order valence-electron chi connectivity index (χ4n) is 9.96. The molecule has 0 radical (unpaired) electrons. The van der Waals surface area contributed by atoms with Crippen molar-refractivity contribution in [2.45, 2.75) is 146 Å². The molecule has 1 saturated heterocycles. The number of alkyl carbamates (subject to hydrolysis) is 1. The van der Waals surface area contributed by atoms with Gasteiger partial charge in [-0.1, -0.05) is 39.3 Å². The summed E-state index contributed by atoms with van der Waals surface area (Å²) < 4.78 is 105. The molecule has 20 heteroatoms. The molecule has 3 N–H and O–H groups in total. The van der Waals surface area contributed by atoms with E-state index in [1.807, 2.05) is 12.2 Å². The van der Waals surface area contributed by atoms with Crippen molar-refractivity contribution in [2.24, 2.45) is 35.0 Å². The normalized spacial score (nSPS) is 31.1. The number of benzene rings is 1. The SMILES string of the molecule is COc1ccc2nc3c(nc2c1)O[C@@H]1C[C@@H](C(=O)N[C@@H](CCC(F)F)C2C[C@@H]2C(=O)NS(=O)(=O)C2(C)CC2)N(C1)C(=O)[C@H](C(C)(C)C)NC(=O)O[C@@H]1C[C@@H]2C=C[C@@H]2[C@H]1CCCCC3(F)F. The van der Waals surface area contributed by atoms with E-state index in [1.165, 1.54) is 31.1 Å². The van der Waals surface area contributed by atoms with Crippen molar-refractivity contribution in [3.63, 3.8) is 0 Å². The third-order valence-corrected chi connectivity index (χ3v) is 16.5. The van der Waals surface area contributed by atoms with Gasteiger partial charge in [0.2, 0.25) is 40.1 Å². The maximum absolute atomic E-state index is 16.5. The molecule has 6 aliphatic rings. The van der Waals surface area contributed by atoms with Crippen LogP contribution in [-0.4, -0.2) is 102 Å². The van der Waals surface area contributed by atoms with E-state index >= 15 is 8.78 Å². The van der Waals surface area contributed by atoms with Gasteiger partial charge >= 0.3 is 6.09 Å². The molecule has 10 atom stereocenters. The number of halogens is 4. The van der Waals surface area contributed by atoms with Gasteiger partial charge in [0, 0.05) is 43.2 Å². The molecule has 356 valence electrons. The molecular formula is C45H58F4N6O9S. The van der Waals surface area contributed by atoms with Crippen molar-refractivity contribution in [3.8, 4) is 11.6 Å². The minimum Gasteiger partial charge on any atom is -0.497 e. The number of carbonyl (C=O) groups is 4. The smallest absolute Gasteiger partial charge is 0.408 e. The van der Waals surface area contributed by atoms with Crippen LogP contribution in [0.2, 0.25) is 0 Å². The molecule has 4 amide bonds. The Labute approximate surface area is 375 Å². The highest BCUT2D eigenvalue weighted by atomic mass is 32.2. The van der Waals surface area contributed by atoms with Gasteiger partial charge in [-0.3, -0.25) is 19.1 Å². The molecule has 65 heavy (non-hydrogen) atoms. The van der Waals surface area contributed by atoms with Gasteiger partial charge in [0.25, 0.3) is 5.92 Å². The third kappa shape index (κ3) is 9.73. The van der Waals surface area contributed by atoms with E-state index < -0.39 is 123 Å². The lowest BCUT2D eigenvalue weighted by Gasteiger charge is -2.36. The quantitative estimate of drug-likeness (QED) is 0.183. The molecule has 3 heterocycles. The average Bonchev–Trinajstić information content (AvgIpc) is 4.13. The molecule has 1 aromatic carbocycles. The highest BCUT2D eigenvalue weighted by Gasteiger charge is 2.55. The first-order chi connectivity index (χ1) is 30.6. The minimum absolute atomic E-state index is 0.108. The summed E-state index contributed by atoms with van der Waals surface area (Å²) in [6, 6.07) is 0.911. The van der Waals surface area contributed by atoms with Crippen LogP contribution in [0.25, 0.3) is 11.0 Å². The van der Waals surface area contributed by atoms with Crippen LogP contribution in [0.5, 0.6) is 11.6 Å². The number of sulfonamides is 1. The number of carbonyl (C=O) groups excluding carboxylic acids is 4. The summed E-state index contributed by atoms with van der Waals surface area (Å²) in [4.78, 5) is 66.4. The van der Waals surface area contributed by atoms with Crippen molar-refractivity contribution >= 4 is 44.9 Å². The molecule has 2 aromatic rings. The Morgan fingerprint density at radius 2 is 1.75 bits per heavy atom. The number of alkyl halides is 4. The topological polar surface area (TPSA) is 195 Å². The number of hydrogen-bond acceptors (Lipinski definition) is 11. The zero-order valence-electron chi connectivity index (χ0n) is 37.2. The lowest BCUT2D eigenvalue weighted by atomic mass is 9.78. The molecule has 3 saturated carbocycles. The van der Waals surface area contributed by atoms with E-state index in [4.69, 9.17) is 14.2 Å². The predicted octanol–water partition coefficient (Wildman–Crippen LogP) is 6.15. The van der Waals surface area contributed by atoms with E-state index in [9.17, 15) is 36.4 Å². The summed E-state index contributed by atoms with van der Waals surface area (Å²) in [5.41, 5.74) is -1.32. The van der Waals surface area contributed by atoms with Gasteiger partial charge < -0.3 is 29.7 Å². The number of hydrogen-bond donors (Lipinski definition) is 3. The van der Waals surface area contributed by atoms with Crippen LogP contribution < -0.4 is 24.8 Å². The zero-order valence-corrected chi connectivity index (χ0v) is 38.0. The molecule has 0 spiro atoms. The van der Waals surface area contributed by atoms with Crippen LogP contribution in [-0.2, 0) is 35.1 Å². The predicted molar refractivity (Wildman–Crippen MR) is 227 cm³/mol. The van der Waals surface area contributed by atoms with Gasteiger partial charge in [0.1, 0.15) is 30.0 Å². The van der Waals surface area contributed by atoms with Crippen LogP contribution in [0.1, 0.15) is 104 Å². The lowest BCUT2D eigenvalue weighted by Crippen LogP contribution is -2.58. The summed E-state index contributed by atoms with van der Waals surface area (Å²) in [7, 11) is -2.55. The first-order valence-electron chi connectivity index (χ1n) is 22.6. The minimum atomic E-state index is -3.99. The standard InChI is InChI=1S/C45H58F4N6O9S/c1-43(2,3)37-41(58)55-22-25(20-33(55)39(57)51-30(13-14-35(46)47)28-21-29(28)38(56)54-65(60,61)44(4)16-17-44)63-40-36(50-31-12-10-24(62-5)19-32(31)52-40)45(48,49)15-7-6-8-27-26-11-9-23(26)18-34(27)64-42(59)53-37/h9-12,19,23,25-30,33-35,37H,6-8,13-18,20-22H2,1-5H3,(H,51,57)(H,53,59)(H,54,56)/t23-,25+,26-,27+,28?,29-,30-,33-,34+,37+/m0/s1. The number of nitrogens with one attached hydrogen (secondary N) is 3. The summed E-state index contributed by atoms with van der Waals surface area (Å²) in [5.74, 6) is -7.37. The largest absolute Gasteiger partial charge is 0.497 e. The number of nitrogens with zero attached hydrogens (tertiary/aromatic N) is 3. The van der Waals surface area contributed by atoms with Crippen LogP contribution >= 0.6 is 0 Å². The second-order valence-electron chi connectivity index (χ2n) is 20.1. The number of ether oxygens (including phenoxy) is 3. The summed E-state index contributed by atoms with van der Waals surface area (Å²) in [5, 5.41) is 5.56. The van der Waals surface area contributed by atoms with Crippen LogP contribution in [0, 0.1) is 35.0 Å². The Balaban J connectivity index is 1.12. The van der Waals surface area contributed by atoms with Crippen LogP contribution in [0.3, 0.4) is 0 Å². The molecule has 15 nitrogen and oxygen atoms in total. The Kier molecular flexibility index (Phi) is 12.6. The number of amides is 4. The summed E-state index contributed by atoms with van der Waals surface area (Å²) >= 11 is 0. The molecule has 2 bridgehead atoms. The van der Waals surface area contributed by atoms with Gasteiger partial charge in [0.15, 0.2) is 5.69 Å². The Morgan fingerprint density at radius 1 is 1.00 bits per heavy atom. The fourth-order valence-corrected chi connectivity index (χ4v) is 11.3. The number of allylic oxidation sites excluding steroid dienone is 2. The molecule has 1 aromatic heterocycles. The molecular weight excluding hydrogens is 877 g/mol. The second kappa shape index (κ2) is 17.5. The Bertz CT molecular complexity index is 2340. The summed E-state index contributed by atoms with van der Waals surface area (Å²) in [6.07, 6.45) is -0.499. The van der Waals surface area contributed by atoms with E-state index in [0.717, 1.165) is 0 Å².